The van der Waals surface area contributed by atoms with Crippen LogP contribution in [0, 0.1) is 0 Å². The van der Waals surface area contributed by atoms with Crippen molar-refractivity contribution in [1.29, 1.82) is 0 Å². The second-order valence-electron chi connectivity index (χ2n) is 4.53. The van der Waals surface area contributed by atoms with Gasteiger partial charge in [-0.1, -0.05) is 23.4 Å². The fraction of sp³-hybridized carbons (Fsp3) is 0.133. The summed E-state index contributed by atoms with van der Waals surface area (Å²) in [7, 11) is 0. The minimum absolute atomic E-state index is 0.164. The smallest absolute Gasteiger partial charge is 0.257 e. The molecule has 0 unspecified atom stereocenters. The van der Waals surface area contributed by atoms with E-state index in [1.54, 1.807) is 18.6 Å². The van der Waals surface area contributed by atoms with Crippen molar-refractivity contribution in [1.82, 2.24) is 25.4 Å². The number of aromatic nitrogens is 4. The van der Waals surface area contributed by atoms with E-state index in [0.717, 1.165) is 5.56 Å². The maximum absolute atomic E-state index is 11.8. The number of nitrogens with zero attached hydrogens (tertiary/aromatic N) is 4. The van der Waals surface area contributed by atoms with Crippen LogP contribution in [0.5, 0.6) is 0 Å². The van der Waals surface area contributed by atoms with Gasteiger partial charge in [0.2, 0.25) is 5.91 Å². The number of carbonyl (C=O) groups is 1. The zero-order valence-corrected chi connectivity index (χ0v) is 11.6. The average Bonchev–Trinajstić information content (AvgIpc) is 3.04. The molecule has 3 aromatic rings. The Labute approximate surface area is 126 Å². The zero-order valence-electron chi connectivity index (χ0n) is 11.6. The lowest BCUT2D eigenvalue weighted by atomic mass is 10.2. The molecule has 7 nitrogen and oxygen atoms in total. The van der Waals surface area contributed by atoms with Gasteiger partial charge in [0, 0.05) is 24.2 Å². The van der Waals surface area contributed by atoms with Crippen molar-refractivity contribution >= 4 is 5.91 Å². The maximum Gasteiger partial charge on any atom is 0.257 e. The molecule has 0 saturated heterocycles. The fourth-order valence-corrected chi connectivity index (χ4v) is 1.85. The highest BCUT2D eigenvalue weighted by Crippen LogP contribution is 2.15. The van der Waals surface area contributed by atoms with Gasteiger partial charge in [0.1, 0.15) is 0 Å². The summed E-state index contributed by atoms with van der Waals surface area (Å²) in [5.41, 5.74) is 1.45. The number of hydrogen-bond acceptors (Lipinski definition) is 6. The largest absolute Gasteiger partial charge is 0.348 e. The third-order valence-electron chi connectivity index (χ3n) is 2.89. The predicted octanol–water partition coefficient (Wildman–Crippen LogP) is 1.39. The van der Waals surface area contributed by atoms with Crippen molar-refractivity contribution in [3.8, 4) is 11.5 Å². The van der Waals surface area contributed by atoms with E-state index in [-0.39, 0.29) is 18.9 Å². The molecule has 0 radical (unpaired) electrons. The molecule has 0 atom stereocenters. The summed E-state index contributed by atoms with van der Waals surface area (Å²) in [6.07, 6.45) is 4.83. The normalized spacial score (nSPS) is 10.4. The van der Waals surface area contributed by atoms with Crippen LogP contribution in [0.4, 0.5) is 0 Å². The van der Waals surface area contributed by atoms with Gasteiger partial charge in [-0.25, -0.2) is 0 Å². The number of nitrogens with one attached hydrogen (secondary N) is 1. The lowest BCUT2D eigenvalue weighted by Gasteiger charge is -2.01. The van der Waals surface area contributed by atoms with Crippen LogP contribution in [0.25, 0.3) is 11.5 Å². The van der Waals surface area contributed by atoms with Crippen LogP contribution in [-0.2, 0) is 17.8 Å². The monoisotopic (exact) mass is 295 g/mol. The van der Waals surface area contributed by atoms with E-state index in [2.05, 4.69) is 25.4 Å². The third kappa shape index (κ3) is 3.51. The Bertz CT molecular complexity index is 743. The fourth-order valence-electron chi connectivity index (χ4n) is 1.85. The van der Waals surface area contributed by atoms with Gasteiger partial charge in [-0.15, -0.1) is 0 Å². The van der Waals surface area contributed by atoms with Crippen LogP contribution in [0.2, 0.25) is 0 Å². The zero-order chi connectivity index (χ0) is 15.2. The topological polar surface area (TPSA) is 93.8 Å². The van der Waals surface area contributed by atoms with Crippen LogP contribution in [-0.4, -0.2) is 26.0 Å². The second-order valence-corrected chi connectivity index (χ2v) is 4.53. The second kappa shape index (κ2) is 6.57. The molecular weight excluding hydrogens is 282 g/mol. The molecular formula is C15H13N5O2. The molecule has 0 fully saturated rings. The standard InChI is InChI=1S/C15H13N5O2/c21-14(8-12-9-16-6-7-17-12)18-10-13-19-15(22-20-13)11-4-2-1-3-5-11/h1-7,9H,8,10H2,(H,18,21). The first-order valence-electron chi connectivity index (χ1n) is 6.71. The summed E-state index contributed by atoms with van der Waals surface area (Å²) in [5, 5.41) is 6.56. The van der Waals surface area contributed by atoms with E-state index in [1.165, 1.54) is 0 Å². The van der Waals surface area contributed by atoms with Crippen molar-refractivity contribution in [2.45, 2.75) is 13.0 Å². The molecule has 0 aliphatic carbocycles. The van der Waals surface area contributed by atoms with Gasteiger partial charge in [0.05, 0.1) is 18.7 Å². The van der Waals surface area contributed by atoms with Gasteiger partial charge >= 0.3 is 0 Å². The lowest BCUT2D eigenvalue weighted by molar-refractivity contribution is -0.120. The molecule has 1 amide bonds. The van der Waals surface area contributed by atoms with Crippen molar-refractivity contribution in [2.75, 3.05) is 0 Å². The lowest BCUT2D eigenvalue weighted by Crippen LogP contribution is -2.25. The van der Waals surface area contributed by atoms with E-state index in [9.17, 15) is 4.79 Å². The van der Waals surface area contributed by atoms with Crippen molar-refractivity contribution in [2.24, 2.45) is 0 Å². The van der Waals surface area contributed by atoms with Crippen LogP contribution >= 0.6 is 0 Å². The molecule has 110 valence electrons. The highest BCUT2D eigenvalue weighted by atomic mass is 16.5. The molecule has 22 heavy (non-hydrogen) atoms. The molecule has 7 heteroatoms. The third-order valence-corrected chi connectivity index (χ3v) is 2.89. The number of carbonyl (C=O) groups excluding carboxylic acids is 1. The van der Waals surface area contributed by atoms with Crippen LogP contribution in [0.3, 0.4) is 0 Å². The Morgan fingerprint density at radius 1 is 1.18 bits per heavy atom. The summed E-state index contributed by atoms with van der Waals surface area (Å²) in [6, 6.07) is 9.45. The summed E-state index contributed by atoms with van der Waals surface area (Å²) < 4.78 is 5.17. The molecule has 3 rings (SSSR count). The summed E-state index contributed by atoms with van der Waals surface area (Å²) in [6.45, 7) is 0.204. The Hall–Kier alpha value is -3.09. The molecule has 1 aromatic carbocycles. The van der Waals surface area contributed by atoms with Crippen molar-refractivity contribution < 1.29 is 9.32 Å². The number of rotatable bonds is 5. The van der Waals surface area contributed by atoms with E-state index in [0.29, 0.717) is 17.4 Å². The van der Waals surface area contributed by atoms with Crippen LogP contribution in [0.1, 0.15) is 11.5 Å². The Kier molecular flexibility index (Phi) is 4.15. The van der Waals surface area contributed by atoms with Crippen molar-refractivity contribution in [3.63, 3.8) is 0 Å². The Morgan fingerprint density at radius 2 is 2.05 bits per heavy atom. The van der Waals surface area contributed by atoms with E-state index in [1.807, 2.05) is 30.3 Å². The summed E-state index contributed by atoms with van der Waals surface area (Å²) in [5.74, 6) is 0.677. The molecule has 2 aromatic heterocycles. The highest BCUT2D eigenvalue weighted by molar-refractivity contribution is 5.77. The molecule has 0 aliphatic rings. The molecule has 0 bridgehead atoms. The van der Waals surface area contributed by atoms with E-state index < -0.39 is 0 Å². The number of hydrogen-bond donors (Lipinski definition) is 1. The van der Waals surface area contributed by atoms with E-state index >= 15 is 0 Å². The minimum Gasteiger partial charge on any atom is -0.348 e. The summed E-state index contributed by atoms with van der Waals surface area (Å²) >= 11 is 0. The first-order valence-corrected chi connectivity index (χ1v) is 6.71. The molecule has 0 saturated carbocycles. The first-order chi connectivity index (χ1) is 10.8. The Morgan fingerprint density at radius 3 is 2.82 bits per heavy atom. The van der Waals surface area contributed by atoms with Crippen molar-refractivity contribution in [3.05, 3.63) is 60.4 Å². The predicted molar refractivity (Wildman–Crippen MR) is 77.3 cm³/mol. The van der Waals surface area contributed by atoms with Gasteiger partial charge in [0.25, 0.3) is 5.89 Å². The SMILES string of the molecule is O=C(Cc1cnccn1)NCc1noc(-c2ccccc2)n1. The van der Waals surface area contributed by atoms with Gasteiger partial charge in [-0.05, 0) is 12.1 Å². The molecule has 0 aliphatic heterocycles. The number of benzene rings is 1. The molecule has 1 N–H and O–H groups in total. The minimum atomic E-state index is -0.174. The van der Waals surface area contributed by atoms with Gasteiger partial charge in [0.15, 0.2) is 5.82 Å². The number of amides is 1. The maximum atomic E-state index is 11.8. The molecule has 2 heterocycles. The quantitative estimate of drug-likeness (QED) is 0.764. The van der Waals surface area contributed by atoms with Gasteiger partial charge in [-0.3, -0.25) is 14.8 Å². The average molecular weight is 295 g/mol. The van der Waals surface area contributed by atoms with Gasteiger partial charge in [-0.2, -0.15) is 4.98 Å². The van der Waals surface area contributed by atoms with Crippen LogP contribution < -0.4 is 5.32 Å². The van der Waals surface area contributed by atoms with Gasteiger partial charge < -0.3 is 9.84 Å². The van der Waals surface area contributed by atoms with E-state index in [4.69, 9.17) is 4.52 Å². The van der Waals surface area contributed by atoms with Crippen LogP contribution in [0.15, 0.2) is 53.4 Å². The summed E-state index contributed by atoms with van der Waals surface area (Å²) in [4.78, 5) is 24.0. The Balaban J connectivity index is 1.56. The first kappa shape index (κ1) is 13.9. The highest BCUT2D eigenvalue weighted by Gasteiger charge is 2.10. The molecule has 0 spiro atoms.